The summed E-state index contributed by atoms with van der Waals surface area (Å²) in [5.74, 6) is -0.351. The van der Waals surface area contributed by atoms with E-state index in [1.807, 2.05) is 48.5 Å². The van der Waals surface area contributed by atoms with Gasteiger partial charge in [0.25, 0.3) is 0 Å². The molecule has 0 aliphatic rings. The molecule has 5 nitrogen and oxygen atoms in total. The van der Waals surface area contributed by atoms with Crippen LogP contribution in [0.1, 0.15) is 23.5 Å². The van der Waals surface area contributed by atoms with Crippen molar-refractivity contribution >= 4 is 16.9 Å². The summed E-state index contributed by atoms with van der Waals surface area (Å²) in [6, 6.07) is 16.0. The summed E-state index contributed by atoms with van der Waals surface area (Å²) >= 11 is 0. The SMILES string of the molecule is CNOC(=O)CC(c1ccccc1)c1ccc2cn[nH]c2c1. The van der Waals surface area contributed by atoms with E-state index in [1.165, 1.54) is 0 Å². The number of hydrogen-bond acceptors (Lipinski definition) is 4. The summed E-state index contributed by atoms with van der Waals surface area (Å²) < 4.78 is 0. The minimum absolute atomic E-state index is 0.0604. The fraction of sp³-hybridized carbons (Fsp3) is 0.176. The number of aromatic amines is 1. The first-order valence-corrected chi connectivity index (χ1v) is 7.12. The summed E-state index contributed by atoms with van der Waals surface area (Å²) in [4.78, 5) is 16.8. The van der Waals surface area contributed by atoms with Gasteiger partial charge < -0.3 is 4.84 Å². The number of aromatic nitrogens is 2. The van der Waals surface area contributed by atoms with Crippen LogP contribution in [0.25, 0.3) is 10.9 Å². The van der Waals surface area contributed by atoms with Gasteiger partial charge in [0.2, 0.25) is 0 Å². The predicted octanol–water partition coefficient (Wildman–Crippen LogP) is 2.76. The third-order valence-electron chi connectivity index (χ3n) is 3.66. The van der Waals surface area contributed by atoms with Gasteiger partial charge in [-0.1, -0.05) is 42.5 Å². The zero-order valence-electron chi connectivity index (χ0n) is 12.2. The van der Waals surface area contributed by atoms with Gasteiger partial charge >= 0.3 is 5.97 Å². The highest BCUT2D eigenvalue weighted by Gasteiger charge is 2.19. The second-order valence-corrected chi connectivity index (χ2v) is 5.06. The number of carbonyl (C=O) groups excluding carboxylic acids is 1. The van der Waals surface area contributed by atoms with Gasteiger partial charge in [0.05, 0.1) is 18.1 Å². The fourth-order valence-corrected chi connectivity index (χ4v) is 2.61. The third-order valence-corrected chi connectivity index (χ3v) is 3.66. The number of benzene rings is 2. The Kier molecular flexibility index (Phi) is 4.16. The molecule has 0 saturated carbocycles. The Balaban J connectivity index is 1.98. The lowest BCUT2D eigenvalue weighted by Gasteiger charge is -2.17. The number of rotatable bonds is 5. The van der Waals surface area contributed by atoms with E-state index < -0.39 is 0 Å². The van der Waals surface area contributed by atoms with Gasteiger partial charge in [-0.2, -0.15) is 10.6 Å². The molecule has 2 N–H and O–H groups in total. The van der Waals surface area contributed by atoms with Gasteiger partial charge in [-0.05, 0) is 17.2 Å². The highest BCUT2D eigenvalue weighted by atomic mass is 16.7. The quantitative estimate of drug-likeness (QED) is 0.710. The summed E-state index contributed by atoms with van der Waals surface area (Å²) in [5, 5.41) is 8.05. The molecule has 112 valence electrons. The lowest BCUT2D eigenvalue weighted by atomic mass is 9.88. The minimum atomic E-state index is -0.291. The molecule has 0 spiro atoms. The second kappa shape index (κ2) is 6.41. The number of H-pyrrole nitrogens is 1. The molecule has 3 aromatic rings. The van der Waals surface area contributed by atoms with Crippen LogP contribution in [0.5, 0.6) is 0 Å². The van der Waals surface area contributed by atoms with Gasteiger partial charge in [0.1, 0.15) is 0 Å². The van der Waals surface area contributed by atoms with Gasteiger partial charge in [-0.15, -0.1) is 0 Å². The Hall–Kier alpha value is -2.66. The third kappa shape index (κ3) is 2.99. The molecule has 0 aliphatic heterocycles. The first-order chi connectivity index (χ1) is 10.8. The van der Waals surface area contributed by atoms with Crippen molar-refractivity contribution in [3.8, 4) is 0 Å². The summed E-state index contributed by atoms with van der Waals surface area (Å²) in [5.41, 5.74) is 5.52. The Labute approximate surface area is 128 Å². The van der Waals surface area contributed by atoms with Crippen molar-refractivity contribution in [2.24, 2.45) is 0 Å². The van der Waals surface area contributed by atoms with E-state index in [4.69, 9.17) is 4.84 Å². The number of nitrogens with zero attached hydrogens (tertiary/aromatic N) is 1. The monoisotopic (exact) mass is 295 g/mol. The number of fused-ring (bicyclic) bond motifs is 1. The van der Waals surface area contributed by atoms with Crippen LogP contribution in [0.15, 0.2) is 54.7 Å². The van der Waals surface area contributed by atoms with Crippen molar-refractivity contribution in [2.75, 3.05) is 7.05 Å². The standard InChI is InChI=1S/C17H17N3O2/c1-18-22-17(21)10-15(12-5-3-2-4-6-12)13-7-8-14-11-19-20-16(14)9-13/h2-9,11,15,18H,10H2,1H3,(H,19,20). The molecule has 1 unspecified atom stereocenters. The highest BCUT2D eigenvalue weighted by Crippen LogP contribution is 2.30. The van der Waals surface area contributed by atoms with E-state index in [-0.39, 0.29) is 18.3 Å². The second-order valence-electron chi connectivity index (χ2n) is 5.06. The van der Waals surface area contributed by atoms with Crippen molar-refractivity contribution in [1.29, 1.82) is 0 Å². The fourth-order valence-electron chi connectivity index (χ4n) is 2.61. The summed E-state index contributed by atoms with van der Waals surface area (Å²) in [7, 11) is 1.58. The highest BCUT2D eigenvalue weighted by molar-refractivity contribution is 5.79. The Bertz CT molecular complexity index is 768. The van der Waals surface area contributed by atoms with Crippen LogP contribution in [-0.2, 0) is 9.63 Å². The van der Waals surface area contributed by atoms with Crippen molar-refractivity contribution in [1.82, 2.24) is 15.7 Å². The van der Waals surface area contributed by atoms with E-state index in [0.29, 0.717) is 0 Å². The van der Waals surface area contributed by atoms with Crippen LogP contribution in [0.3, 0.4) is 0 Å². The first kappa shape index (κ1) is 14.3. The number of hydroxylamine groups is 1. The van der Waals surface area contributed by atoms with E-state index in [1.54, 1.807) is 13.2 Å². The van der Waals surface area contributed by atoms with Gasteiger partial charge in [0, 0.05) is 18.4 Å². The van der Waals surface area contributed by atoms with Crippen LogP contribution in [0.2, 0.25) is 0 Å². The average Bonchev–Trinajstić information content (AvgIpc) is 3.01. The molecule has 2 aromatic carbocycles. The van der Waals surface area contributed by atoms with E-state index >= 15 is 0 Å². The molecule has 1 heterocycles. The van der Waals surface area contributed by atoms with E-state index in [0.717, 1.165) is 22.0 Å². The van der Waals surface area contributed by atoms with Crippen LogP contribution in [0, 0.1) is 0 Å². The lowest BCUT2D eigenvalue weighted by Crippen LogP contribution is -2.18. The number of nitrogens with one attached hydrogen (secondary N) is 2. The van der Waals surface area contributed by atoms with Crippen molar-refractivity contribution in [3.05, 3.63) is 65.9 Å². The van der Waals surface area contributed by atoms with Crippen molar-refractivity contribution in [3.63, 3.8) is 0 Å². The maximum absolute atomic E-state index is 11.9. The van der Waals surface area contributed by atoms with Gasteiger partial charge in [-0.25, -0.2) is 0 Å². The molecule has 3 rings (SSSR count). The first-order valence-electron chi connectivity index (χ1n) is 7.12. The lowest BCUT2D eigenvalue weighted by molar-refractivity contribution is -0.150. The molecule has 5 heteroatoms. The average molecular weight is 295 g/mol. The zero-order chi connectivity index (χ0) is 15.4. The Morgan fingerprint density at radius 3 is 2.82 bits per heavy atom. The van der Waals surface area contributed by atoms with Crippen LogP contribution >= 0.6 is 0 Å². The molecular weight excluding hydrogens is 278 g/mol. The minimum Gasteiger partial charge on any atom is -0.371 e. The van der Waals surface area contributed by atoms with Crippen LogP contribution < -0.4 is 5.48 Å². The van der Waals surface area contributed by atoms with Gasteiger partial charge in [-0.3, -0.25) is 9.89 Å². The maximum Gasteiger partial charge on any atom is 0.325 e. The van der Waals surface area contributed by atoms with Crippen molar-refractivity contribution in [2.45, 2.75) is 12.3 Å². The van der Waals surface area contributed by atoms with Crippen LogP contribution in [-0.4, -0.2) is 23.2 Å². The maximum atomic E-state index is 11.9. The topological polar surface area (TPSA) is 67.0 Å². The Morgan fingerprint density at radius 1 is 1.23 bits per heavy atom. The summed E-state index contributed by atoms with van der Waals surface area (Å²) in [6.07, 6.45) is 2.05. The van der Waals surface area contributed by atoms with E-state index in [2.05, 4.69) is 15.7 Å². The normalized spacial score (nSPS) is 12.2. The molecule has 0 amide bonds. The molecular formula is C17H17N3O2. The smallest absolute Gasteiger partial charge is 0.325 e. The van der Waals surface area contributed by atoms with E-state index in [9.17, 15) is 4.79 Å². The van der Waals surface area contributed by atoms with Crippen molar-refractivity contribution < 1.29 is 9.63 Å². The van der Waals surface area contributed by atoms with Gasteiger partial charge in [0.15, 0.2) is 0 Å². The molecule has 0 saturated heterocycles. The predicted molar refractivity (Wildman–Crippen MR) is 84.1 cm³/mol. The molecule has 0 aliphatic carbocycles. The molecule has 22 heavy (non-hydrogen) atoms. The number of hydrogen-bond donors (Lipinski definition) is 2. The molecule has 1 atom stereocenters. The zero-order valence-corrected chi connectivity index (χ0v) is 12.2. The van der Waals surface area contributed by atoms with Crippen LogP contribution in [0.4, 0.5) is 0 Å². The number of carbonyl (C=O) groups is 1. The Morgan fingerprint density at radius 2 is 2.05 bits per heavy atom. The molecule has 1 aromatic heterocycles. The molecule has 0 radical (unpaired) electrons. The largest absolute Gasteiger partial charge is 0.371 e. The molecule has 0 bridgehead atoms. The summed E-state index contributed by atoms with van der Waals surface area (Å²) in [6.45, 7) is 0. The molecule has 0 fully saturated rings.